The van der Waals surface area contributed by atoms with Crippen molar-refractivity contribution in [3.8, 4) is 5.75 Å². The molecule has 2 aliphatic heterocycles. The van der Waals surface area contributed by atoms with E-state index in [1.54, 1.807) is 24.5 Å². The molecule has 0 radical (unpaired) electrons. The number of carbonyl (C=O) groups excluding carboxylic acids is 1. The van der Waals surface area contributed by atoms with E-state index < -0.39 is 0 Å². The van der Waals surface area contributed by atoms with Gasteiger partial charge in [0.15, 0.2) is 0 Å². The Hall–Kier alpha value is -2.40. The first-order valence-corrected chi connectivity index (χ1v) is 9.40. The van der Waals surface area contributed by atoms with Gasteiger partial charge in [-0.1, -0.05) is 25.1 Å². The third-order valence-electron chi connectivity index (χ3n) is 5.66. The molecular weight excluding hydrogens is 326 g/mol. The lowest BCUT2D eigenvalue weighted by atomic mass is 9.80. The van der Waals surface area contributed by atoms with Gasteiger partial charge in [-0.05, 0) is 37.6 Å². The highest BCUT2D eigenvalue weighted by Crippen LogP contribution is 2.44. The van der Waals surface area contributed by atoms with Crippen molar-refractivity contribution in [2.75, 3.05) is 19.6 Å². The summed E-state index contributed by atoms with van der Waals surface area (Å²) in [4.78, 5) is 19.2. The molecule has 1 spiro atoms. The topological polar surface area (TPSA) is 54.5 Å². The second-order valence-corrected chi connectivity index (χ2v) is 7.22. The largest absolute Gasteiger partial charge is 0.487 e. The van der Waals surface area contributed by atoms with Crippen molar-refractivity contribution in [2.24, 2.45) is 0 Å². The van der Waals surface area contributed by atoms with Crippen LogP contribution in [0, 0.1) is 0 Å². The molecule has 3 heterocycles. The first-order chi connectivity index (χ1) is 12.7. The molecule has 1 unspecified atom stereocenters. The molecule has 0 saturated carbocycles. The fraction of sp³-hybridized carbons (Fsp3) is 0.429. The van der Waals surface area contributed by atoms with Crippen molar-refractivity contribution >= 4 is 5.91 Å². The summed E-state index contributed by atoms with van der Waals surface area (Å²) in [5.41, 5.74) is 1.52. The van der Waals surface area contributed by atoms with Gasteiger partial charge in [0.05, 0.1) is 6.04 Å². The summed E-state index contributed by atoms with van der Waals surface area (Å²) < 4.78 is 6.48. The number of ether oxygens (including phenoxy) is 1. The molecule has 136 valence electrons. The molecule has 0 aliphatic carbocycles. The molecule has 1 saturated heterocycles. The van der Waals surface area contributed by atoms with Crippen LogP contribution in [-0.2, 0) is 0 Å². The zero-order chi connectivity index (χ0) is 18.0. The number of aromatic nitrogens is 1. The number of para-hydroxylation sites is 1. The Bertz CT molecular complexity index is 770. The minimum atomic E-state index is -0.184. The molecular formula is C21H25N3O2. The monoisotopic (exact) mass is 351 g/mol. The molecule has 0 bridgehead atoms. The van der Waals surface area contributed by atoms with E-state index in [1.807, 2.05) is 18.2 Å². The minimum Gasteiger partial charge on any atom is -0.487 e. The number of fused-ring (bicyclic) bond motifs is 1. The van der Waals surface area contributed by atoms with Crippen LogP contribution in [0.25, 0.3) is 0 Å². The van der Waals surface area contributed by atoms with Gasteiger partial charge in [-0.2, -0.15) is 0 Å². The third kappa shape index (κ3) is 3.31. The molecule has 26 heavy (non-hydrogen) atoms. The second-order valence-electron chi connectivity index (χ2n) is 7.22. The number of nitrogens with one attached hydrogen (secondary N) is 1. The van der Waals surface area contributed by atoms with Crippen LogP contribution in [0.4, 0.5) is 0 Å². The van der Waals surface area contributed by atoms with E-state index in [0.29, 0.717) is 5.56 Å². The van der Waals surface area contributed by atoms with Crippen molar-refractivity contribution in [1.29, 1.82) is 0 Å². The van der Waals surface area contributed by atoms with E-state index in [2.05, 4.69) is 28.2 Å². The summed E-state index contributed by atoms with van der Waals surface area (Å²) in [6.07, 6.45) is 6.11. The van der Waals surface area contributed by atoms with Crippen LogP contribution in [0.15, 0.2) is 48.8 Å². The van der Waals surface area contributed by atoms with Gasteiger partial charge in [-0.25, -0.2) is 0 Å². The number of pyridine rings is 1. The smallest absolute Gasteiger partial charge is 0.251 e. The van der Waals surface area contributed by atoms with Gasteiger partial charge in [0, 0.05) is 43.0 Å². The lowest BCUT2D eigenvalue weighted by Gasteiger charge is -2.46. The summed E-state index contributed by atoms with van der Waals surface area (Å²) >= 11 is 0. The summed E-state index contributed by atoms with van der Waals surface area (Å²) in [7, 11) is 0. The highest BCUT2D eigenvalue weighted by Gasteiger charge is 2.43. The molecule has 2 aliphatic rings. The van der Waals surface area contributed by atoms with Crippen molar-refractivity contribution < 1.29 is 9.53 Å². The Labute approximate surface area is 154 Å². The summed E-state index contributed by atoms with van der Waals surface area (Å²) in [6.45, 7) is 5.37. The van der Waals surface area contributed by atoms with Crippen molar-refractivity contribution in [1.82, 2.24) is 15.2 Å². The first-order valence-electron chi connectivity index (χ1n) is 9.40. The Morgan fingerprint density at radius 2 is 1.96 bits per heavy atom. The second kappa shape index (κ2) is 7.08. The van der Waals surface area contributed by atoms with E-state index in [-0.39, 0.29) is 17.6 Å². The number of piperidine rings is 1. The Morgan fingerprint density at radius 1 is 1.23 bits per heavy atom. The van der Waals surface area contributed by atoms with Gasteiger partial charge < -0.3 is 15.0 Å². The number of amides is 1. The van der Waals surface area contributed by atoms with E-state index in [1.165, 1.54) is 0 Å². The van der Waals surface area contributed by atoms with Crippen molar-refractivity contribution in [2.45, 2.75) is 37.8 Å². The van der Waals surface area contributed by atoms with Crippen LogP contribution in [-0.4, -0.2) is 41.0 Å². The van der Waals surface area contributed by atoms with Gasteiger partial charge in [0.1, 0.15) is 11.4 Å². The lowest BCUT2D eigenvalue weighted by molar-refractivity contribution is -0.0235. The first kappa shape index (κ1) is 17.0. The van der Waals surface area contributed by atoms with Crippen LogP contribution < -0.4 is 10.1 Å². The van der Waals surface area contributed by atoms with Gasteiger partial charge in [0.25, 0.3) is 5.91 Å². The zero-order valence-electron chi connectivity index (χ0n) is 15.1. The molecule has 1 fully saturated rings. The maximum Gasteiger partial charge on any atom is 0.251 e. The number of hydrogen-bond donors (Lipinski definition) is 1. The Kier molecular flexibility index (Phi) is 4.64. The normalized spacial score (nSPS) is 21.7. The predicted molar refractivity (Wildman–Crippen MR) is 100 cm³/mol. The summed E-state index contributed by atoms with van der Waals surface area (Å²) in [5.74, 6) is 0.846. The molecule has 2 aromatic rings. The number of hydrogen-bond acceptors (Lipinski definition) is 4. The van der Waals surface area contributed by atoms with Crippen LogP contribution >= 0.6 is 0 Å². The average molecular weight is 351 g/mol. The third-order valence-corrected chi connectivity index (χ3v) is 5.66. The number of carbonyl (C=O) groups is 1. The maximum atomic E-state index is 12.7. The predicted octanol–water partition coefficient (Wildman–Crippen LogP) is 3.19. The summed E-state index contributed by atoms with van der Waals surface area (Å²) in [6, 6.07) is 11.5. The van der Waals surface area contributed by atoms with E-state index in [0.717, 1.165) is 50.2 Å². The quantitative estimate of drug-likeness (QED) is 0.923. The fourth-order valence-electron chi connectivity index (χ4n) is 4.07. The zero-order valence-corrected chi connectivity index (χ0v) is 15.1. The number of likely N-dealkylation sites (tertiary alicyclic amines) is 1. The maximum absolute atomic E-state index is 12.7. The molecule has 5 nitrogen and oxygen atoms in total. The number of nitrogens with zero attached hydrogens (tertiary/aromatic N) is 2. The molecule has 4 rings (SSSR count). The Balaban J connectivity index is 1.58. The van der Waals surface area contributed by atoms with Gasteiger partial charge >= 0.3 is 0 Å². The van der Waals surface area contributed by atoms with Crippen molar-refractivity contribution in [3.05, 3.63) is 59.9 Å². The molecule has 1 N–H and O–H groups in total. The molecule has 1 amide bonds. The van der Waals surface area contributed by atoms with Gasteiger partial charge in [0.2, 0.25) is 0 Å². The van der Waals surface area contributed by atoms with Gasteiger partial charge in [-0.3, -0.25) is 9.78 Å². The van der Waals surface area contributed by atoms with Crippen LogP contribution in [0.5, 0.6) is 5.75 Å². The standard InChI is InChI=1S/C21H25N3O2/c1-2-24-13-9-21(10-14-24)15-18(17-5-3-4-6-19(17)26-21)23-20(25)16-7-11-22-12-8-16/h3-8,11-12,18H,2,9-10,13-15H2,1H3,(H,23,25). The van der Waals surface area contributed by atoms with Crippen LogP contribution in [0.1, 0.15) is 48.1 Å². The van der Waals surface area contributed by atoms with Crippen LogP contribution in [0.2, 0.25) is 0 Å². The van der Waals surface area contributed by atoms with Gasteiger partial charge in [-0.15, -0.1) is 0 Å². The lowest BCUT2D eigenvalue weighted by Crippen LogP contribution is -2.52. The van der Waals surface area contributed by atoms with Crippen molar-refractivity contribution in [3.63, 3.8) is 0 Å². The minimum absolute atomic E-state index is 0.0335. The molecule has 1 aromatic heterocycles. The fourth-order valence-corrected chi connectivity index (χ4v) is 4.07. The molecule has 1 aromatic carbocycles. The molecule has 5 heteroatoms. The van der Waals surface area contributed by atoms with E-state index >= 15 is 0 Å². The van der Waals surface area contributed by atoms with E-state index in [4.69, 9.17) is 4.74 Å². The molecule has 1 atom stereocenters. The van der Waals surface area contributed by atoms with Crippen LogP contribution in [0.3, 0.4) is 0 Å². The summed E-state index contributed by atoms with van der Waals surface area (Å²) in [5, 5.41) is 3.23. The highest BCUT2D eigenvalue weighted by molar-refractivity contribution is 5.94. The highest BCUT2D eigenvalue weighted by atomic mass is 16.5. The number of benzene rings is 1. The van der Waals surface area contributed by atoms with E-state index in [9.17, 15) is 4.79 Å². The number of rotatable bonds is 3. The average Bonchev–Trinajstić information content (AvgIpc) is 2.69. The SMILES string of the molecule is CCN1CCC2(CC1)CC(NC(=O)c1ccncc1)c1ccccc1O2. The Morgan fingerprint density at radius 3 is 2.69 bits per heavy atom.